The molecule has 1 amide bonds. The minimum atomic E-state index is -0.286. The first-order valence-electron chi connectivity index (χ1n) is 8.74. The van der Waals surface area contributed by atoms with Gasteiger partial charge in [0.1, 0.15) is 0 Å². The SMILES string of the molecule is Cc1cccc(C2(C(=O)N3CCC(N)CC3)CCCCC2)c1. The van der Waals surface area contributed by atoms with E-state index in [1.165, 1.54) is 17.5 Å². The monoisotopic (exact) mass is 300 g/mol. The van der Waals surface area contributed by atoms with Gasteiger partial charge in [0, 0.05) is 19.1 Å². The average Bonchev–Trinajstić information content (AvgIpc) is 2.55. The molecule has 2 fully saturated rings. The maximum atomic E-state index is 13.4. The van der Waals surface area contributed by atoms with Gasteiger partial charge in [-0.2, -0.15) is 0 Å². The van der Waals surface area contributed by atoms with Crippen LogP contribution in [0.1, 0.15) is 56.1 Å². The van der Waals surface area contributed by atoms with Gasteiger partial charge in [-0.25, -0.2) is 0 Å². The van der Waals surface area contributed by atoms with Gasteiger partial charge < -0.3 is 10.6 Å². The number of hydrogen-bond acceptors (Lipinski definition) is 2. The maximum Gasteiger partial charge on any atom is 0.233 e. The predicted octanol–water partition coefficient (Wildman–Crippen LogP) is 3.15. The van der Waals surface area contributed by atoms with Gasteiger partial charge in [0.2, 0.25) is 5.91 Å². The lowest BCUT2D eigenvalue weighted by atomic mass is 9.68. The Labute approximate surface area is 133 Å². The second kappa shape index (κ2) is 6.41. The fourth-order valence-corrected chi connectivity index (χ4v) is 4.13. The highest BCUT2D eigenvalue weighted by molar-refractivity contribution is 5.88. The summed E-state index contributed by atoms with van der Waals surface area (Å²) in [6.07, 6.45) is 7.45. The zero-order valence-corrected chi connectivity index (χ0v) is 13.7. The molecule has 3 nitrogen and oxygen atoms in total. The number of carbonyl (C=O) groups is 1. The molecule has 1 aromatic carbocycles. The predicted molar refractivity (Wildman–Crippen MR) is 89.7 cm³/mol. The molecule has 1 heterocycles. The lowest BCUT2D eigenvalue weighted by molar-refractivity contribution is -0.140. The number of rotatable bonds is 2. The smallest absolute Gasteiger partial charge is 0.233 e. The summed E-state index contributed by atoms with van der Waals surface area (Å²) in [7, 11) is 0. The summed E-state index contributed by atoms with van der Waals surface area (Å²) in [6.45, 7) is 3.77. The van der Waals surface area contributed by atoms with E-state index in [1.54, 1.807) is 0 Å². The van der Waals surface area contributed by atoms with Crippen LogP contribution in [0.4, 0.5) is 0 Å². The first-order valence-corrected chi connectivity index (χ1v) is 8.74. The van der Waals surface area contributed by atoms with Gasteiger partial charge in [0.05, 0.1) is 5.41 Å². The largest absolute Gasteiger partial charge is 0.342 e. The van der Waals surface area contributed by atoms with E-state index in [0.717, 1.165) is 51.6 Å². The van der Waals surface area contributed by atoms with Crippen LogP contribution in [0.15, 0.2) is 24.3 Å². The maximum absolute atomic E-state index is 13.4. The Morgan fingerprint density at radius 1 is 1.18 bits per heavy atom. The topological polar surface area (TPSA) is 46.3 Å². The number of piperidine rings is 1. The Kier molecular flexibility index (Phi) is 4.53. The summed E-state index contributed by atoms with van der Waals surface area (Å²) >= 11 is 0. The molecule has 120 valence electrons. The number of nitrogens with two attached hydrogens (primary N) is 1. The first kappa shape index (κ1) is 15.5. The van der Waals surface area contributed by atoms with E-state index < -0.39 is 0 Å². The fourth-order valence-electron chi connectivity index (χ4n) is 4.13. The lowest BCUT2D eigenvalue weighted by Gasteiger charge is -2.42. The van der Waals surface area contributed by atoms with Gasteiger partial charge in [0.15, 0.2) is 0 Å². The van der Waals surface area contributed by atoms with Crippen molar-refractivity contribution in [2.24, 2.45) is 5.73 Å². The molecule has 2 aliphatic rings. The quantitative estimate of drug-likeness (QED) is 0.912. The number of hydrogen-bond donors (Lipinski definition) is 1. The minimum absolute atomic E-state index is 0.269. The third kappa shape index (κ3) is 2.91. The van der Waals surface area contributed by atoms with Crippen LogP contribution in [0.5, 0.6) is 0 Å². The second-order valence-corrected chi connectivity index (χ2v) is 7.14. The Balaban J connectivity index is 1.90. The molecule has 1 aliphatic heterocycles. The Morgan fingerprint density at radius 2 is 1.86 bits per heavy atom. The molecule has 22 heavy (non-hydrogen) atoms. The molecule has 0 bridgehead atoms. The highest BCUT2D eigenvalue weighted by atomic mass is 16.2. The number of nitrogens with zero attached hydrogens (tertiary/aromatic N) is 1. The summed E-state index contributed by atoms with van der Waals surface area (Å²) < 4.78 is 0. The number of amides is 1. The molecular weight excluding hydrogens is 272 g/mol. The summed E-state index contributed by atoms with van der Waals surface area (Å²) in [6, 6.07) is 8.86. The molecular formula is C19H28N2O. The van der Waals surface area contributed by atoms with Crippen LogP contribution in [0.2, 0.25) is 0 Å². The molecule has 2 N–H and O–H groups in total. The standard InChI is InChI=1S/C19H28N2O/c1-15-6-5-7-16(14-15)19(10-3-2-4-11-19)18(22)21-12-8-17(20)9-13-21/h5-7,14,17H,2-4,8-13,20H2,1H3. The normalized spacial score (nSPS) is 22.5. The van der Waals surface area contributed by atoms with Crippen LogP contribution >= 0.6 is 0 Å². The van der Waals surface area contributed by atoms with Gasteiger partial charge in [-0.05, 0) is 38.2 Å². The molecule has 0 spiro atoms. The van der Waals surface area contributed by atoms with Crippen molar-refractivity contribution in [2.45, 2.75) is 63.3 Å². The molecule has 1 saturated carbocycles. The van der Waals surface area contributed by atoms with Crippen LogP contribution in [0.3, 0.4) is 0 Å². The minimum Gasteiger partial charge on any atom is -0.342 e. The zero-order chi connectivity index (χ0) is 15.6. The first-order chi connectivity index (χ1) is 10.6. The summed E-state index contributed by atoms with van der Waals surface area (Å²) in [5.41, 5.74) is 8.19. The molecule has 3 heteroatoms. The van der Waals surface area contributed by atoms with Gasteiger partial charge in [0.25, 0.3) is 0 Å². The highest BCUT2D eigenvalue weighted by Gasteiger charge is 2.43. The average molecular weight is 300 g/mol. The van der Waals surface area contributed by atoms with Crippen LogP contribution < -0.4 is 5.73 Å². The van der Waals surface area contributed by atoms with Crippen molar-refractivity contribution in [1.82, 2.24) is 4.90 Å². The van der Waals surface area contributed by atoms with Gasteiger partial charge >= 0.3 is 0 Å². The molecule has 0 aromatic heterocycles. The molecule has 1 aromatic rings. The Hall–Kier alpha value is -1.35. The van der Waals surface area contributed by atoms with Crippen molar-refractivity contribution in [3.05, 3.63) is 35.4 Å². The van der Waals surface area contributed by atoms with Crippen LogP contribution in [-0.2, 0) is 10.2 Å². The molecule has 1 aliphatic carbocycles. The zero-order valence-electron chi connectivity index (χ0n) is 13.7. The number of aryl methyl sites for hydroxylation is 1. The molecule has 0 unspecified atom stereocenters. The van der Waals surface area contributed by atoms with E-state index in [1.807, 2.05) is 0 Å². The van der Waals surface area contributed by atoms with Crippen molar-refractivity contribution in [3.63, 3.8) is 0 Å². The van der Waals surface area contributed by atoms with E-state index in [4.69, 9.17) is 5.73 Å². The molecule has 1 saturated heterocycles. The number of likely N-dealkylation sites (tertiary alicyclic amines) is 1. The van der Waals surface area contributed by atoms with Gasteiger partial charge in [-0.1, -0.05) is 49.1 Å². The van der Waals surface area contributed by atoms with Crippen molar-refractivity contribution in [2.75, 3.05) is 13.1 Å². The van der Waals surface area contributed by atoms with Crippen molar-refractivity contribution < 1.29 is 4.79 Å². The molecule has 3 rings (SSSR count). The summed E-state index contributed by atoms with van der Waals surface area (Å²) in [5.74, 6) is 0.352. The fraction of sp³-hybridized carbons (Fsp3) is 0.632. The third-order valence-electron chi connectivity index (χ3n) is 5.51. The second-order valence-electron chi connectivity index (χ2n) is 7.14. The molecule has 0 atom stereocenters. The van der Waals surface area contributed by atoms with E-state index in [9.17, 15) is 4.79 Å². The van der Waals surface area contributed by atoms with Crippen molar-refractivity contribution in [3.8, 4) is 0 Å². The summed E-state index contributed by atoms with van der Waals surface area (Å²) in [4.78, 5) is 15.5. The van der Waals surface area contributed by atoms with Crippen molar-refractivity contribution in [1.29, 1.82) is 0 Å². The van der Waals surface area contributed by atoms with Gasteiger partial charge in [-0.15, -0.1) is 0 Å². The Morgan fingerprint density at radius 3 is 2.50 bits per heavy atom. The molecule has 0 radical (unpaired) electrons. The van der Waals surface area contributed by atoms with Crippen LogP contribution in [0.25, 0.3) is 0 Å². The number of carbonyl (C=O) groups excluding carboxylic acids is 1. The van der Waals surface area contributed by atoms with E-state index in [2.05, 4.69) is 36.1 Å². The van der Waals surface area contributed by atoms with E-state index in [-0.39, 0.29) is 11.5 Å². The van der Waals surface area contributed by atoms with E-state index >= 15 is 0 Å². The third-order valence-corrected chi connectivity index (χ3v) is 5.51. The van der Waals surface area contributed by atoms with Gasteiger partial charge in [-0.3, -0.25) is 4.79 Å². The van der Waals surface area contributed by atoms with Crippen LogP contribution in [0, 0.1) is 6.92 Å². The Bertz CT molecular complexity index is 526. The summed E-state index contributed by atoms with van der Waals surface area (Å²) in [5, 5.41) is 0. The highest BCUT2D eigenvalue weighted by Crippen LogP contribution is 2.41. The number of benzene rings is 1. The van der Waals surface area contributed by atoms with Crippen LogP contribution in [-0.4, -0.2) is 29.9 Å². The van der Waals surface area contributed by atoms with E-state index in [0.29, 0.717) is 5.91 Å². The lowest BCUT2D eigenvalue weighted by Crippen LogP contribution is -2.52. The van der Waals surface area contributed by atoms with Crippen molar-refractivity contribution >= 4 is 5.91 Å².